The van der Waals surface area contributed by atoms with Crippen molar-refractivity contribution in [1.29, 1.82) is 0 Å². The quantitative estimate of drug-likeness (QED) is 0.895. The highest BCUT2D eigenvalue weighted by Crippen LogP contribution is 2.34. The molecule has 3 heterocycles. The standard InChI is InChI=1S/C20H28N6O/c1-13-21-17(12-18(27)22-13)14-8-10-26(11-9-14)19-15-6-4-5-7-16(15)23-20(24-19)25(2)3/h12,14H,4-11H2,1-3H3,(H,21,22,27). The third-order valence-corrected chi connectivity index (χ3v) is 5.64. The maximum Gasteiger partial charge on any atom is 0.251 e. The molecule has 0 amide bonds. The van der Waals surface area contributed by atoms with E-state index in [1.54, 1.807) is 6.07 Å². The second kappa shape index (κ2) is 7.29. The zero-order valence-corrected chi connectivity index (χ0v) is 16.5. The first-order valence-corrected chi connectivity index (χ1v) is 9.91. The molecule has 0 atom stereocenters. The molecule has 2 aliphatic rings. The zero-order chi connectivity index (χ0) is 19.0. The predicted molar refractivity (Wildman–Crippen MR) is 107 cm³/mol. The highest BCUT2D eigenvalue weighted by Gasteiger charge is 2.27. The summed E-state index contributed by atoms with van der Waals surface area (Å²) < 4.78 is 0. The summed E-state index contributed by atoms with van der Waals surface area (Å²) in [6.45, 7) is 3.72. The lowest BCUT2D eigenvalue weighted by Crippen LogP contribution is -2.36. The fourth-order valence-corrected chi connectivity index (χ4v) is 4.22. The Hall–Kier alpha value is -2.44. The SMILES string of the molecule is Cc1nc(C2CCN(c3nc(N(C)C)nc4c3CCCC4)CC2)cc(=O)[nH]1. The van der Waals surface area contributed by atoms with E-state index in [9.17, 15) is 4.79 Å². The summed E-state index contributed by atoms with van der Waals surface area (Å²) in [4.78, 5) is 33.2. The lowest BCUT2D eigenvalue weighted by molar-refractivity contribution is 0.489. The van der Waals surface area contributed by atoms with Crippen molar-refractivity contribution < 1.29 is 0 Å². The molecule has 0 aromatic carbocycles. The fourth-order valence-electron chi connectivity index (χ4n) is 4.22. The van der Waals surface area contributed by atoms with Gasteiger partial charge in [0.15, 0.2) is 0 Å². The fraction of sp³-hybridized carbons (Fsp3) is 0.600. The Morgan fingerprint density at radius 1 is 1.11 bits per heavy atom. The summed E-state index contributed by atoms with van der Waals surface area (Å²) >= 11 is 0. The van der Waals surface area contributed by atoms with Crippen LogP contribution in [0.1, 0.15) is 54.4 Å². The molecule has 0 spiro atoms. The number of fused-ring (bicyclic) bond motifs is 1. The monoisotopic (exact) mass is 368 g/mol. The van der Waals surface area contributed by atoms with Crippen LogP contribution in [-0.2, 0) is 12.8 Å². The number of piperidine rings is 1. The van der Waals surface area contributed by atoms with E-state index in [1.165, 1.54) is 24.1 Å². The van der Waals surface area contributed by atoms with Gasteiger partial charge in [0.1, 0.15) is 11.6 Å². The first-order valence-electron chi connectivity index (χ1n) is 9.91. The van der Waals surface area contributed by atoms with Crippen LogP contribution in [0.15, 0.2) is 10.9 Å². The van der Waals surface area contributed by atoms with Crippen LogP contribution >= 0.6 is 0 Å². The molecule has 27 heavy (non-hydrogen) atoms. The van der Waals surface area contributed by atoms with Crippen LogP contribution < -0.4 is 15.4 Å². The largest absolute Gasteiger partial charge is 0.356 e. The number of rotatable bonds is 3. The zero-order valence-electron chi connectivity index (χ0n) is 16.5. The van der Waals surface area contributed by atoms with Gasteiger partial charge in [-0.25, -0.2) is 9.97 Å². The summed E-state index contributed by atoms with van der Waals surface area (Å²) in [7, 11) is 4.00. The summed E-state index contributed by atoms with van der Waals surface area (Å²) in [5.41, 5.74) is 3.44. The van der Waals surface area contributed by atoms with Gasteiger partial charge in [-0.05, 0) is 45.4 Å². The van der Waals surface area contributed by atoms with Crippen LogP contribution in [0.3, 0.4) is 0 Å². The summed E-state index contributed by atoms with van der Waals surface area (Å²) in [6.07, 6.45) is 6.55. The smallest absolute Gasteiger partial charge is 0.251 e. The van der Waals surface area contributed by atoms with Gasteiger partial charge in [-0.15, -0.1) is 0 Å². The number of hydrogen-bond donors (Lipinski definition) is 1. The molecule has 1 N–H and O–H groups in total. The normalized spacial score (nSPS) is 17.7. The first kappa shape index (κ1) is 17.9. The number of aromatic nitrogens is 4. The minimum Gasteiger partial charge on any atom is -0.356 e. The number of hydrogen-bond acceptors (Lipinski definition) is 6. The molecule has 2 aromatic rings. The van der Waals surface area contributed by atoms with Crippen molar-refractivity contribution >= 4 is 11.8 Å². The average molecular weight is 368 g/mol. The van der Waals surface area contributed by atoms with Crippen LogP contribution in [-0.4, -0.2) is 47.1 Å². The number of anilines is 2. The molecule has 1 aliphatic carbocycles. The summed E-state index contributed by atoms with van der Waals surface area (Å²) in [5, 5.41) is 0. The Morgan fingerprint density at radius 2 is 1.85 bits per heavy atom. The van der Waals surface area contributed by atoms with Gasteiger partial charge in [0.2, 0.25) is 5.95 Å². The van der Waals surface area contributed by atoms with Crippen LogP contribution in [0.2, 0.25) is 0 Å². The maximum absolute atomic E-state index is 11.8. The first-order chi connectivity index (χ1) is 13.0. The molecular weight excluding hydrogens is 340 g/mol. The Bertz CT molecular complexity index is 883. The number of H-pyrrole nitrogens is 1. The lowest BCUT2D eigenvalue weighted by atomic mass is 9.91. The number of aryl methyl sites for hydroxylation is 2. The van der Waals surface area contributed by atoms with E-state index >= 15 is 0 Å². The van der Waals surface area contributed by atoms with Crippen molar-refractivity contribution in [2.45, 2.75) is 51.4 Å². The van der Waals surface area contributed by atoms with Crippen LogP contribution in [0.25, 0.3) is 0 Å². The van der Waals surface area contributed by atoms with E-state index < -0.39 is 0 Å². The Kier molecular flexibility index (Phi) is 4.85. The Balaban J connectivity index is 1.57. The molecule has 2 aromatic heterocycles. The summed E-state index contributed by atoms with van der Waals surface area (Å²) in [5.74, 6) is 2.96. The van der Waals surface area contributed by atoms with E-state index in [0.29, 0.717) is 11.7 Å². The number of aromatic amines is 1. The topological polar surface area (TPSA) is 78.0 Å². The van der Waals surface area contributed by atoms with Gasteiger partial charge in [-0.3, -0.25) is 4.79 Å². The molecule has 0 saturated carbocycles. The van der Waals surface area contributed by atoms with Crippen molar-refractivity contribution in [1.82, 2.24) is 19.9 Å². The molecule has 1 aliphatic heterocycles. The van der Waals surface area contributed by atoms with Gasteiger partial charge in [-0.2, -0.15) is 4.98 Å². The van der Waals surface area contributed by atoms with Gasteiger partial charge >= 0.3 is 0 Å². The van der Waals surface area contributed by atoms with Gasteiger partial charge < -0.3 is 14.8 Å². The van der Waals surface area contributed by atoms with E-state index in [4.69, 9.17) is 9.97 Å². The Morgan fingerprint density at radius 3 is 2.56 bits per heavy atom. The molecule has 4 rings (SSSR count). The van der Waals surface area contributed by atoms with Gasteiger partial charge in [0.05, 0.1) is 11.4 Å². The molecule has 0 bridgehead atoms. The van der Waals surface area contributed by atoms with Crippen LogP contribution in [0.4, 0.5) is 11.8 Å². The molecule has 1 saturated heterocycles. The molecule has 7 heteroatoms. The van der Waals surface area contributed by atoms with E-state index in [1.807, 2.05) is 25.9 Å². The predicted octanol–water partition coefficient (Wildman–Crippen LogP) is 2.20. The molecular formula is C20H28N6O. The molecule has 7 nitrogen and oxygen atoms in total. The second-order valence-electron chi connectivity index (χ2n) is 7.89. The number of nitrogens with one attached hydrogen (secondary N) is 1. The van der Waals surface area contributed by atoms with Crippen molar-refractivity contribution in [2.75, 3.05) is 37.0 Å². The second-order valence-corrected chi connectivity index (χ2v) is 7.89. The molecule has 0 unspecified atom stereocenters. The number of nitrogens with zero attached hydrogens (tertiary/aromatic N) is 5. The van der Waals surface area contributed by atoms with E-state index in [2.05, 4.69) is 14.9 Å². The van der Waals surface area contributed by atoms with Crippen LogP contribution in [0, 0.1) is 6.92 Å². The van der Waals surface area contributed by atoms with Crippen molar-refractivity contribution in [2.24, 2.45) is 0 Å². The average Bonchev–Trinajstić information content (AvgIpc) is 2.66. The Labute approximate surface area is 159 Å². The van der Waals surface area contributed by atoms with Crippen molar-refractivity contribution in [3.05, 3.63) is 39.2 Å². The van der Waals surface area contributed by atoms with Gasteiger partial charge in [0, 0.05) is 44.7 Å². The van der Waals surface area contributed by atoms with E-state index in [-0.39, 0.29) is 5.56 Å². The molecule has 0 radical (unpaired) electrons. The van der Waals surface area contributed by atoms with Crippen molar-refractivity contribution in [3.63, 3.8) is 0 Å². The summed E-state index contributed by atoms with van der Waals surface area (Å²) in [6, 6.07) is 1.66. The van der Waals surface area contributed by atoms with Gasteiger partial charge in [-0.1, -0.05) is 0 Å². The van der Waals surface area contributed by atoms with Gasteiger partial charge in [0.25, 0.3) is 5.56 Å². The highest BCUT2D eigenvalue weighted by molar-refractivity contribution is 5.54. The van der Waals surface area contributed by atoms with E-state index in [0.717, 1.165) is 56.2 Å². The third-order valence-electron chi connectivity index (χ3n) is 5.64. The molecule has 1 fully saturated rings. The van der Waals surface area contributed by atoms with Crippen molar-refractivity contribution in [3.8, 4) is 0 Å². The minimum absolute atomic E-state index is 0.0552. The molecule has 144 valence electrons. The third kappa shape index (κ3) is 3.68. The highest BCUT2D eigenvalue weighted by atomic mass is 16.1. The maximum atomic E-state index is 11.8. The van der Waals surface area contributed by atoms with Crippen LogP contribution in [0.5, 0.6) is 0 Å². The lowest BCUT2D eigenvalue weighted by Gasteiger charge is -2.35. The minimum atomic E-state index is -0.0552.